The SMILES string of the molecule is C[C@@H](O)c1ccnc(N(C)Cc2ccoc2)c1. The molecule has 1 N–H and O–H groups in total. The summed E-state index contributed by atoms with van der Waals surface area (Å²) in [6.45, 7) is 2.47. The molecule has 2 aromatic rings. The lowest BCUT2D eigenvalue weighted by Gasteiger charge is -2.18. The maximum atomic E-state index is 9.53. The largest absolute Gasteiger partial charge is 0.472 e. The van der Waals surface area contributed by atoms with Crippen LogP contribution in [0.1, 0.15) is 24.2 Å². The first-order chi connectivity index (χ1) is 8.16. The minimum Gasteiger partial charge on any atom is -0.472 e. The zero-order valence-electron chi connectivity index (χ0n) is 10.00. The van der Waals surface area contributed by atoms with Crippen molar-refractivity contribution in [1.82, 2.24) is 4.98 Å². The van der Waals surface area contributed by atoms with Crippen LogP contribution >= 0.6 is 0 Å². The Kier molecular flexibility index (Phi) is 3.44. The molecular weight excluding hydrogens is 216 g/mol. The van der Waals surface area contributed by atoms with Gasteiger partial charge in [-0.3, -0.25) is 0 Å². The molecule has 1 atom stereocenters. The predicted molar refractivity (Wildman–Crippen MR) is 65.7 cm³/mol. The maximum Gasteiger partial charge on any atom is 0.128 e. The summed E-state index contributed by atoms with van der Waals surface area (Å²) in [5.74, 6) is 0.838. The molecule has 0 saturated heterocycles. The van der Waals surface area contributed by atoms with Crippen LogP contribution in [0.15, 0.2) is 41.3 Å². The van der Waals surface area contributed by atoms with E-state index >= 15 is 0 Å². The van der Waals surface area contributed by atoms with Crippen LogP contribution in [0.3, 0.4) is 0 Å². The van der Waals surface area contributed by atoms with E-state index in [1.807, 2.05) is 30.1 Å². The first kappa shape index (κ1) is 11.7. The lowest BCUT2D eigenvalue weighted by molar-refractivity contribution is 0.199. The number of aliphatic hydroxyl groups is 1. The highest BCUT2D eigenvalue weighted by Gasteiger charge is 2.07. The molecule has 17 heavy (non-hydrogen) atoms. The molecule has 2 rings (SSSR count). The van der Waals surface area contributed by atoms with E-state index in [0.29, 0.717) is 0 Å². The van der Waals surface area contributed by atoms with Gasteiger partial charge >= 0.3 is 0 Å². The Bertz CT molecular complexity index is 466. The highest BCUT2D eigenvalue weighted by molar-refractivity contribution is 5.41. The van der Waals surface area contributed by atoms with Gasteiger partial charge in [0.25, 0.3) is 0 Å². The summed E-state index contributed by atoms with van der Waals surface area (Å²) < 4.78 is 5.03. The average Bonchev–Trinajstić information content (AvgIpc) is 2.82. The van der Waals surface area contributed by atoms with Crippen molar-refractivity contribution in [1.29, 1.82) is 0 Å². The number of rotatable bonds is 4. The van der Waals surface area contributed by atoms with Crippen LogP contribution in [0.4, 0.5) is 5.82 Å². The van der Waals surface area contributed by atoms with Crippen molar-refractivity contribution in [2.24, 2.45) is 0 Å². The van der Waals surface area contributed by atoms with Gasteiger partial charge in [0.05, 0.1) is 18.6 Å². The fourth-order valence-corrected chi connectivity index (χ4v) is 1.64. The molecule has 0 aliphatic rings. The molecule has 2 heterocycles. The van der Waals surface area contributed by atoms with Gasteiger partial charge in [-0.15, -0.1) is 0 Å². The van der Waals surface area contributed by atoms with Crippen LogP contribution in [-0.2, 0) is 6.54 Å². The summed E-state index contributed by atoms with van der Waals surface area (Å²) in [6, 6.07) is 5.64. The number of furan rings is 1. The van der Waals surface area contributed by atoms with E-state index < -0.39 is 6.10 Å². The van der Waals surface area contributed by atoms with E-state index in [1.165, 1.54) is 0 Å². The summed E-state index contributed by atoms with van der Waals surface area (Å²) in [5, 5.41) is 9.53. The Morgan fingerprint density at radius 1 is 1.47 bits per heavy atom. The summed E-state index contributed by atoms with van der Waals surface area (Å²) in [6.07, 6.45) is 4.61. The van der Waals surface area contributed by atoms with Gasteiger partial charge in [0.2, 0.25) is 0 Å². The summed E-state index contributed by atoms with van der Waals surface area (Å²) in [7, 11) is 1.96. The number of anilines is 1. The summed E-state index contributed by atoms with van der Waals surface area (Å²) >= 11 is 0. The highest BCUT2D eigenvalue weighted by atomic mass is 16.3. The normalized spacial score (nSPS) is 12.4. The molecule has 2 aromatic heterocycles. The second-order valence-electron chi connectivity index (χ2n) is 4.11. The molecule has 4 heteroatoms. The third-order valence-corrected chi connectivity index (χ3v) is 2.64. The zero-order valence-corrected chi connectivity index (χ0v) is 10.00. The third kappa shape index (κ3) is 2.85. The first-order valence-corrected chi connectivity index (χ1v) is 5.53. The molecule has 0 bridgehead atoms. The average molecular weight is 232 g/mol. The molecule has 0 aliphatic carbocycles. The van der Waals surface area contributed by atoms with Crippen LogP contribution in [0.2, 0.25) is 0 Å². The standard InChI is InChI=1S/C13H16N2O2/c1-10(16)12-3-5-14-13(7-12)15(2)8-11-4-6-17-9-11/h3-7,9-10,16H,8H2,1-2H3/t10-/m1/s1. The second kappa shape index (κ2) is 5.01. The van der Waals surface area contributed by atoms with Crippen LogP contribution in [0, 0.1) is 0 Å². The number of nitrogens with zero attached hydrogens (tertiary/aromatic N) is 2. The van der Waals surface area contributed by atoms with Crippen molar-refractivity contribution in [2.45, 2.75) is 19.6 Å². The lowest BCUT2D eigenvalue weighted by atomic mass is 10.1. The zero-order chi connectivity index (χ0) is 12.3. The van der Waals surface area contributed by atoms with E-state index in [-0.39, 0.29) is 0 Å². The van der Waals surface area contributed by atoms with Crippen LogP contribution in [0.5, 0.6) is 0 Å². The van der Waals surface area contributed by atoms with Gasteiger partial charge in [0, 0.05) is 25.4 Å². The van der Waals surface area contributed by atoms with Crippen molar-refractivity contribution in [3.63, 3.8) is 0 Å². The van der Waals surface area contributed by atoms with Gasteiger partial charge in [0.1, 0.15) is 5.82 Å². The Balaban J connectivity index is 2.13. The highest BCUT2D eigenvalue weighted by Crippen LogP contribution is 2.18. The molecule has 90 valence electrons. The number of aliphatic hydroxyl groups excluding tert-OH is 1. The van der Waals surface area contributed by atoms with E-state index in [2.05, 4.69) is 4.98 Å². The van der Waals surface area contributed by atoms with Gasteiger partial charge in [-0.1, -0.05) is 0 Å². The van der Waals surface area contributed by atoms with Gasteiger partial charge in [-0.25, -0.2) is 4.98 Å². The van der Waals surface area contributed by atoms with Gasteiger partial charge in [-0.2, -0.15) is 0 Å². The number of aromatic nitrogens is 1. The second-order valence-corrected chi connectivity index (χ2v) is 4.11. The van der Waals surface area contributed by atoms with Gasteiger partial charge in [0.15, 0.2) is 0 Å². The molecule has 0 fully saturated rings. The molecule has 4 nitrogen and oxygen atoms in total. The fraction of sp³-hybridized carbons (Fsp3) is 0.308. The van der Waals surface area contributed by atoms with Crippen molar-refractivity contribution in [3.8, 4) is 0 Å². The minimum absolute atomic E-state index is 0.473. The molecule has 0 radical (unpaired) electrons. The van der Waals surface area contributed by atoms with Crippen molar-refractivity contribution in [3.05, 3.63) is 48.0 Å². The third-order valence-electron chi connectivity index (χ3n) is 2.64. The van der Waals surface area contributed by atoms with Crippen molar-refractivity contribution in [2.75, 3.05) is 11.9 Å². The number of hydrogen-bond acceptors (Lipinski definition) is 4. The maximum absolute atomic E-state index is 9.53. The van der Waals surface area contributed by atoms with E-state index in [4.69, 9.17) is 4.42 Å². The monoisotopic (exact) mass is 232 g/mol. The molecule has 0 saturated carbocycles. The van der Waals surface area contributed by atoms with Crippen molar-refractivity contribution < 1.29 is 9.52 Å². The molecule has 0 aliphatic heterocycles. The van der Waals surface area contributed by atoms with Crippen LogP contribution < -0.4 is 4.90 Å². The number of hydrogen-bond donors (Lipinski definition) is 1. The topological polar surface area (TPSA) is 49.5 Å². The van der Waals surface area contributed by atoms with Gasteiger partial charge < -0.3 is 14.4 Å². The molecule has 0 unspecified atom stereocenters. The Labute approximate surface area is 101 Å². The fourth-order valence-electron chi connectivity index (χ4n) is 1.64. The number of pyridine rings is 1. The van der Waals surface area contributed by atoms with Crippen LogP contribution in [0.25, 0.3) is 0 Å². The summed E-state index contributed by atoms with van der Waals surface area (Å²) in [5.41, 5.74) is 1.96. The minimum atomic E-state index is -0.473. The summed E-state index contributed by atoms with van der Waals surface area (Å²) in [4.78, 5) is 6.30. The Morgan fingerprint density at radius 3 is 2.94 bits per heavy atom. The molecule has 0 amide bonds. The van der Waals surface area contributed by atoms with Gasteiger partial charge in [-0.05, 0) is 30.7 Å². The quantitative estimate of drug-likeness (QED) is 0.879. The molecular formula is C13H16N2O2. The molecule has 0 aromatic carbocycles. The molecule has 0 spiro atoms. The smallest absolute Gasteiger partial charge is 0.128 e. The van der Waals surface area contributed by atoms with E-state index in [1.54, 1.807) is 25.6 Å². The van der Waals surface area contributed by atoms with E-state index in [0.717, 1.165) is 23.5 Å². The van der Waals surface area contributed by atoms with Crippen LogP contribution in [-0.4, -0.2) is 17.1 Å². The Hall–Kier alpha value is -1.81. The lowest BCUT2D eigenvalue weighted by Crippen LogP contribution is -2.17. The Morgan fingerprint density at radius 2 is 2.29 bits per heavy atom. The van der Waals surface area contributed by atoms with E-state index in [9.17, 15) is 5.11 Å². The predicted octanol–water partition coefficient (Wildman–Crippen LogP) is 2.36. The van der Waals surface area contributed by atoms with Crippen molar-refractivity contribution >= 4 is 5.82 Å². The first-order valence-electron chi connectivity index (χ1n) is 5.53.